The van der Waals surface area contributed by atoms with Gasteiger partial charge in [-0.15, -0.1) is 0 Å². The zero-order valence-electron chi connectivity index (χ0n) is 7.10. The minimum atomic E-state index is 0.0885. The van der Waals surface area contributed by atoms with Crippen molar-refractivity contribution in [2.45, 2.75) is 0 Å². The van der Waals surface area contributed by atoms with Gasteiger partial charge in [0.25, 0.3) is 0 Å². The van der Waals surface area contributed by atoms with Crippen LogP contribution in [0, 0.1) is 0 Å². The molecule has 13 heavy (non-hydrogen) atoms. The van der Waals surface area contributed by atoms with Crippen molar-refractivity contribution in [1.82, 2.24) is 0 Å². The highest BCUT2D eigenvalue weighted by atomic mass is 16.3. The molecule has 0 N–H and O–H groups in total. The van der Waals surface area contributed by atoms with Crippen LogP contribution in [0.5, 0.6) is 0 Å². The van der Waals surface area contributed by atoms with Gasteiger partial charge in [0.1, 0.15) is 0 Å². The summed E-state index contributed by atoms with van der Waals surface area (Å²) >= 11 is 0. The average molecular weight is 169 g/mol. The van der Waals surface area contributed by atoms with E-state index in [0.29, 0.717) is 0 Å². The van der Waals surface area contributed by atoms with E-state index in [4.69, 9.17) is 0 Å². The highest BCUT2D eigenvalue weighted by molar-refractivity contribution is 5.67. The van der Waals surface area contributed by atoms with Crippen molar-refractivity contribution in [1.29, 1.82) is 0 Å². The summed E-state index contributed by atoms with van der Waals surface area (Å²) in [5.74, 6) is 0.0885. The fourth-order valence-corrected chi connectivity index (χ4v) is 1.28. The van der Waals surface area contributed by atoms with Crippen LogP contribution < -0.4 is 5.11 Å². The second kappa shape index (κ2) is 3.31. The van der Waals surface area contributed by atoms with Crippen molar-refractivity contribution in [3.63, 3.8) is 0 Å². The van der Waals surface area contributed by atoms with Crippen molar-refractivity contribution < 1.29 is 5.11 Å². The minimum absolute atomic E-state index is 0.0885. The van der Waals surface area contributed by atoms with Crippen LogP contribution in [0.2, 0.25) is 0 Å². The largest absolute Gasteiger partial charge is 0.872 e. The Bertz CT molecular complexity index is 369. The number of hydrogen-bond donors (Lipinski definition) is 0. The molecule has 0 radical (unpaired) electrons. The zero-order valence-corrected chi connectivity index (χ0v) is 7.10. The highest BCUT2D eigenvalue weighted by Crippen LogP contribution is 2.17. The van der Waals surface area contributed by atoms with Gasteiger partial charge in [-0.25, -0.2) is 0 Å². The van der Waals surface area contributed by atoms with Gasteiger partial charge >= 0.3 is 0 Å². The summed E-state index contributed by atoms with van der Waals surface area (Å²) in [6.45, 7) is 0. The van der Waals surface area contributed by atoms with Crippen molar-refractivity contribution in [3.8, 4) is 0 Å². The summed E-state index contributed by atoms with van der Waals surface area (Å²) in [6, 6.07) is 9.30. The van der Waals surface area contributed by atoms with Crippen LogP contribution in [0.1, 0.15) is 5.56 Å². The maximum absolute atomic E-state index is 11.7. The van der Waals surface area contributed by atoms with Gasteiger partial charge in [-0.1, -0.05) is 60.4 Å². The fraction of sp³-hybridized carbons (Fsp3) is 0. The normalized spacial score (nSPS) is 13.7. The van der Waals surface area contributed by atoms with Crippen LogP contribution in [0.4, 0.5) is 0 Å². The van der Waals surface area contributed by atoms with Gasteiger partial charge in [-0.05, 0) is 11.1 Å². The van der Waals surface area contributed by atoms with Gasteiger partial charge in [0, 0.05) is 0 Å². The van der Waals surface area contributed by atoms with E-state index in [9.17, 15) is 5.11 Å². The van der Waals surface area contributed by atoms with Gasteiger partial charge in [-0.2, -0.15) is 0 Å². The third-order valence-electron chi connectivity index (χ3n) is 1.96. The van der Waals surface area contributed by atoms with E-state index in [0.717, 1.165) is 11.1 Å². The lowest BCUT2D eigenvalue weighted by molar-refractivity contribution is -0.244. The van der Waals surface area contributed by atoms with Crippen LogP contribution >= 0.6 is 0 Å². The van der Waals surface area contributed by atoms with Crippen LogP contribution in [0.3, 0.4) is 0 Å². The lowest BCUT2D eigenvalue weighted by Gasteiger charge is -2.14. The first-order valence-electron chi connectivity index (χ1n) is 4.19. The molecule has 0 unspecified atom stereocenters. The quantitative estimate of drug-likeness (QED) is 0.589. The lowest BCUT2D eigenvalue weighted by Crippen LogP contribution is -2.03. The molecule has 1 nitrogen and oxygen atoms in total. The Morgan fingerprint density at radius 2 is 1.54 bits per heavy atom. The molecular formula is C12H9O-. The molecule has 1 heteroatoms. The molecule has 0 spiro atoms. The molecule has 1 aromatic rings. The van der Waals surface area contributed by atoms with Crippen LogP contribution in [0.25, 0.3) is 5.76 Å². The molecule has 0 saturated carbocycles. The Labute approximate surface area is 77.3 Å². The predicted octanol–water partition coefficient (Wildman–Crippen LogP) is 1.88. The maximum atomic E-state index is 11.7. The highest BCUT2D eigenvalue weighted by Gasteiger charge is 1.95. The van der Waals surface area contributed by atoms with E-state index in [1.807, 2.05) is 54.6 Å². The van der Waals surface area contributed by atoms with Gasteiger partial charge in [-0.3, -0.25) is 0 Å². The first-order chi connectivity index (χ1) is 6.38. The predicted molar refractivity (Wildman–Crippen MR) is 51.6 cm³/mol. The monoisotopic (exact) mass is 169 g/mol. The Balaban J connectivity index is 2.43. The summed E-state index contributed by atoms with van der Waals surface area (Å²) < 4.78 is 0. The van der Waals surface area contributed by atoms with Crippen molar-refractivity contribution in [2.75, 3.05) is 0 Å². The number of rotatable bonds is 1. The third kappa shape index (κ3) is 1.54. The first-order valence-corrected chi connectivity index (χ1v) is 4.19. The van der Waals surface area contributed by atoms with E-state index in [2.05, 4.69) is 0 Å². The summed E-state index contributed by atoms with van der Waals surface area (Å²) in [7, 11) is 0. The topological polar surface area (TPSA) is 23.1 Å². The molecule has 0 saturated heterocycles. The summed E-state index contributed by atoms with van der Waals surface area (Å²) in [6.07, 6.45) is 7.40. The Kier molecular flexibility index (Phi) is 2.01. The van der Waals surface area contributed by atoms with Gasteiger partial charge < -0.3 is 5.11 Å². The third-order valence-corrected chi connectivity index (χ3v) is 1.96. The molecule has 0 atom stereocenters. The SMILES string of the molecule is [O-]C(=C1C=CC=C1)c1ccccc1. The molecular weight excluding hydrogens is 160 g/mol. The van der Waals surface area contributed by atoms with Crippen LogP contribution in [0.15, 0.2) is 60.2 Å². The number of benzene rings is 1. The van der Waals surface area contributed by atoms with Crippen molar-refractivity contribution in [2.24, 2.45) is 0 Å². The lowest BCUT2D eigenvalue weighted by atomic mass is 10.1. The molecule has 0 amide bonds. The Morgan fingerprint density at radius 3 is 2.15 bits per heavy atom. The molecule has 0 bridgehead atoms. The van der Waals surface area contributed by atoms with Gasteiger partial charge in [0.05, 0.1) is 0 Å². The Morgan fingerprint density at radius 1 is 0.923 bits per heavy atom. The molecule has 0 fully saturated rings. The molecule has 2 rings (SSSR count). The molecule has 64 valence electrons. The van der Waals surface area contributed by atoms with Gasteiger partial charge in [0.2, 0.25) is 0 Å². The van der Waals surface area contributed by atoms with E-state index < -0.39 is 0 Å². The molecule has 1 aromatic carbocycles. The van der Waals surface area contributed by atoms with Crippen molar-refractivity contribution >= 4 is 5.76 Å². The number of hydrogen-bond acceptors (Lipinski definition) is 1. The van der Waals surface area contributed by atoms with Crippen LogP contribution in [-0.2, 0) is 0 Å². The molecule has 0 heterocycles. The average Bonchev–Trinajstić information content (AvgIpc) is 2.71. The van der Waals surface area contributed by atoms with E-state index in [-0.39, 0.29) is 5.76 Å². The van der Waals surface area contributed by atoms with E-state index in [1.165, 1.54) is 0 Å². The number of allylic oxidation sites excluding steroid dienone is 5. The first kappa shape index (κ1) is 7.87. The second-order valence-corrected chi connectivity index (χ2v) is 2.87. The fourth-order valence-electron chi connectivity index (χ4n) is 1.28. The summed E-state index contributed by atoms with van der Waals surface area (Å²) in [5.41, 5.74) is 1.50. The molecule has 1 aliphatic rings. The molecule has 0 aromatic heterocycles. The van der Waals surface area contributed by atoms with E-state index >= 15 is 0 Å². The van der Waals surface area contributed by atoms with Crippen LogP contribution in [-0.4, -0.2) is 0 Å². The van der Waals surface area contributed by atoms with E-state index in [1.54, 1.807) is 0 Å². The second-order valence-electron chi connectivity index (χ2n) is 2.87. The van der Waals surface area contributed by atoms with Gasteiger partial charge in [0.15, 0.2) is 0 Å². The molecule has 1 aliphatic carbocycles. The smallest absolute Gasteiger partial charge is 0.0330 e. The van der Waals surface area contributed by atoms with Crippen molar-refractivity contribution in [3.05, 3.63) is 65.8 Å². The summed E-state index contributed by atoms with van der Waals surface area (Å²) in [5, 5.41) is 11.7. The standard InChI is InChI=1S/C12H10O/c13-12(11-8-4-5-9-11)10-6-2-1-3-7-10/h1-9,13H/p-1. The molecule has 0 aliphatic heterocycles. The maximum Gasteiger partial charge on any atom is -0.0330 e. The Hall–Kier alpha value is -1.76. The minimum Gasteiger partial charge on any atom is -0.872 e. The summed E-state index contributed by atoms with van der Waals surface area (Å²) in [4.78, 5) is 0. The zero-order chi connectivity index (χ0) is 9.10.